The van der Waals surface area contributed by atoms with Gasteiger partial charge < -0.3 is 29.6 Å². The molecule has 2 aliphatic heterocycles. The van der Waals surface area contributed by atoms with Crippen LogP contribution in [0.1, 0.15) is 63.5 Å². The van der Waals surface area contributed by atoms with Crippen molar-refractivity contribution in [3.8, 4) is 5.75 Å². The molecule has 0 radical (unpaired) electrons. The zero-order valence-corrected chi connectivity index (χ0v) is 25.4. The summed E-state index contributed by atoms with van der Waals surface area (Å²) in [5.74, 6) is -2.94. The highest BCUT2D eigenvalue weighted by Crippen LogP contribution is 2.22. The summed E-state index contributed by atoms with van der Waals surface area (Å²) < 4.78 is 19.2. The van der Waals surface area contributed by atoms with Gasteiger partial charge in [0.15, 0.2) is 0 Å². The van der Waals surface area contributed by atoms with Crippen LogP contribution >= 0.6 is 0 Å². The largest absolute Gasteiger partial charge is 0.491 e. The molecule has 2 fully saturated rings. The lowest BCUT2D eigenvalue weighted by Crippen LogP contribution is -2.48. The molecule has 2 saturated heterocycles. The Hall–Kier alpha value is -3.50. The number of carbonyl (C=O) groups is 3. The molecule has 0 aliphatic carbocycles. The van der Waals surface area contributed by atoms with Crippen LogP contribution < -0.4 is 4.74 Å². The molecule has 1 amide bonds. The van der Waals surface area contributed by atoms with E-state index in [0.29, 0.717) is 13.0 Å². The van der Waals surface area contributed by atoms with Gasteiger partial charge in [0.05, 0.1) is 12.5 Å². The fourth-order valence-corrected chi connectivity index (χ4v) is 5.60. The third kappa shape index (κ3) is 12.3. The second-order valence-electron chi connectivity index (χ2n) is 11.6. The summed E-state index contributed by atoms with van der Waals surface area (Å²) in [5.41, 5.74) is 1.96. The first-order valence-electron chi connectivity index (χ1n) is 15.3. The van der Waals surface area contributed by atoms with Gasteiger partial charge in [-0.1, -0.05) is 30.7 Å². The molecule has 0 saturated carbocycles. The van der Waals surface area contributed by atoms with Gasteiger partial charge in [-0.2, -0.15) is 0 Å². The van der Waals surface area contributed by atoms with E-state index in [9.17, 15) is 9.18 Å². The maximum absolute atomic E-state index is 13.6. The molecule has 2 heterocycles. The number of aliphatic carboxylic acids is 2. The number of amides is 1. The normalized spacial score (nSPS) is 16.3. The van der Waals surface area contributed by atoms with Crippen molar-refractivity contribution in [2.24, 2.45) is 0 Å². The van der Waals surface area contributed by atoms with E-state index in [0.717, 1.165) is 49.4 Å². The summed E-state index contributed by atoms with van der Waals surface area (Å²) in [6, 6.07) is 14.6. The summed E-state index contributed by atoms with van der Waals surface area (Å²) in [6.45, 7) is 11.4. The SMILES string of the molecule is CC(C)Oc1ccc(CC(=O)N(Cc2ccc(F)cc2)C2CCN(CCCN3CCCCC3)CC2)cc1.O=C(O)C(=O)O. The highest BCUT2D eigenvalue weighted by molar-refractivity contribution is 6.27. The van der Waals surface area contributed by atoms with Crippen LogP contribution in [0.2, 0.25) is 0 Å². The van der Waals surface area contributed by atoms with Gasteiger partial charge in [0.25, 0.3) is 0 Å². The third-order valence-corrected chi connectivity index (χ3v) is 7.82. The minimum Gasteiger partial charge on any atom is -0.491 e. The van der Waals surface area contributed by atoms with Crippen LogP contribution in [0.15, 0.2) is 48.5 Å². The van der Waals surface area contributed by atoms with Gasteiger partial charge in [-0.05, 0) is 108 Å². The third-order valence-electron chi connectivity index (χ3n) is 7.82. The van der Waals surface area contributed by atoms with E-state index in [4.69, 9.17) is 24.5 Å². The zero-order valence-electron chi connectivity index (χ0n) is 25.4. The fourth-order valence-electron chi connectivity index (χ4n) is 5.60. The van der Waals surface area contributed by atoms with Crippen LogP contribution in [0.3, 0.4) is 0 Å². The fraction of sp³-hybridized carbons (Fsp3) is 0.545. The van der Waals surface area contributed by atoms with Crippen molar-refractivity contribution in [1.29, 1.82) is 0 Å². The second-order valence-corrected chi connectivity index (χ2v) is 11.6. The van der Waals surface area contributed by atoms with Gasteiger partial charge in [0, 0.05) is 25.7 Å². The quantitative estimate of drug-likeness (QED) is 0.359. The number of hydrogen-bond acceptors (Lipinski definition) is 6. The van der Waals surface area contributed by atoms with E-state index >= 15 is 0 Å². The number of halogens is 1. The highest BCUT2D eigenvalue weighted by Gasteiger charge is 2.28. The van der Waals surface area contributed by atoms with E-state index < -0.39 is 11.9 Å². The van der Waals surface area contributed by atoms with Crippen LogP contribution in [-0.2, 0) is 27.3 Å². The Labute approximate surface area is 254 Å². The second kappa shape index (κ2) is 17.6. The minimum absolute atomic E-state index is 0.120. The van der Waals surface area contributed by atoms with Crippen LogP contribution in [0.25, 0.3) is 0 Å². The number of ether oxygens (including phenoxy) is 1. The van der Waals surface area contributed by atoms with E-state index in [1.54, 1.807) is 12.1 Å². The standard InChI is InChI=1S/C31H44FN3O2.C2H2O4/c1-25(2)37-30-13-9-26(10-14-30)23-31(36)35(24-27-7-11-28(32)12-8-27)29-15-21-34(22-16-29)20-6-19-33-17-4-3-5-18-33;3-1(4)2(5)6/h7-14,25,29H,3-6,15-24H2,1-2H3;(H,3,4)(H,5,6). The van der Waals surface area contributed by atoms with Crippen molar-refractivity contribution in [3.63, 3.8) is 0 Å². The van der Waals surface area contributed by atoms with Gasteiger partial charge in [0.1, 0.15) is 11.6 Å². The lowest BCUT2D eigenvalue weighted by Gasteiger charge is -2.39. The number of piperidine rings is 2. The number of benzene rings is 2. The van der Waals surface area contributed by atoms with Gasteiger partial charge in [-0.25, -0.2) is 14.0 Å². The molecule has 2 aromatic rings. The number of hydrogen-bond donors (Lipinski definition) is 2. The molecule has 0 spiro atoms. The van der Waals surface area contributed by atoms with E-state index in [-0.39, 0.29) is 23.9 Å². The monoisotopic (exact) mass is 599 g/mol. The summed E-state index contributed by atoms with van der Waals surface area (Å²) in [4.78, 5) is 39.0. The predicted octanol–water partition coefficient (Wildman–Crippen LogP) is 4.68. The van der Waals surface area contributed by atoms with Gasteiger partial charge in [-0.15, -0.1) is 0 Å². The molecule has 0 unspecified atom stereocenters. The van der Waals surface area contributed by atoms with Crippen molar-refractivity contribution < 1.29 is 33.7 Å². The number of carboxylic acid groups (broad SMARTS) is 2. The van der Waals surface area contributed by atoms with Gasteiger partial charge in [0.2, 0.25) is 5.91 Å². The lowest BCUT2D eigenvalue weighted by molar-refractivity contribution is -0.159. The van der Waals surface area contributed by atoms with Crippen LogP contribution in [0, 0.1) is 5.82 Å². The van der Waals surface area contributed by atoms with Crippen molar-refractivity contribution in [2.45, 2.75) is 77.5 Å². The van der Waals surface area contributed by atoms with Crippen LogP contribution in [-0.4, -0.2) is 94.2 Å². The van der Waals surface area contributed by atoms with Crippen LogP contribution in [0.5, 0.6) is 5.75 Å². The number of rotatable bonds is 11. The number of likely N-dealkylation sites (tertiary alicyclic amines) is 2. The molecule has 10 heteroatoms. The Bertz CT molecular complexity index is 1130. The Morgan fingerprint density at radius 1 is 0.837 bits per heavy atom. The smallest absolute Gasteiger partial charge is 0.414 e. The molecular formula is C33H46FN3O6. The maximum atomic E-state index is 13.6. The molecule has 0 atom stereocenters. The Kier molecular flexibility index (Phi) is 13.9. The molecule has 0 bridgehead atoms. The molecule has 2 N–H and O–H groups in total. The first-order valence-corrected chi connectivity index (χ1v) is 15.3. The van der Waals surface area contributed by atoms with Gasteiger partial charge in [-0.3, -0.25) is 4.79 Å². The number of carboxylic acids is 2. The average Bonchev–Trinajstić information content (AvgIpc) is 2.99. The molecule has 2 aliphatic rings. The Balaban J connectivity index is 0.000000765. The minimum atomic E-state index is -1.82. The van der Waals surface area contributed by atoms with Crippen molar-refractivity contribution in [1.82, 2.24) is 14.7 Å². The topological polar surface area (TPSA) is 111 Å². The number of carbonyl (C=O) groups excluding carboxylic acids is 1. The summed E-state index contributed by atoms with van der Waals surface area (Å²) >= 11 is 0. The summed E-state index contributed by atoms with van der Waals surface area (Å²) in [6.07, 6.45) is 7.75. The van der Waals surface area contributed by atoms with Crippen molar-refractivity contribution in [3.05, 3.63) is 65.5 Å². The van der Waals surface area contributed by atoms with Crippen molar-refractivity contribution >= 4 is 17.8 Å². The number of nitrogens with zero attached hydrogens (tertiary/aromatic N) is 3. The molecule has 9 nitrogen and oxygen atoms in total. The van der Waals surface area contributed by atoms with E-state index in [1.165, 1.54) is 57.5 Å². The first kappa shape index (κ1) is 34.0. The zero-order chi connectivity index (χ0) is 31.2. The van der Waals surface area contributed by atoms with Crippen LogP contribution in [0.4, 0.5) is 4.39 Å². The Morgan fingerprint density at radius 2 is 1.37 bits per heavy atom. The molecule has 0 aromatic heterocycles. The van der Waals surface area contributed by atoms with E-state index in [1.807, 2.05) is 43.0 Å². The summed E-state index contributed by atoms with van der Waals surface area (Å²) in [5, 5.41) is 14.8. The highest BCUT2D eigenvalue weighted by atomic mass is 19.1. The molecule has 236 valence electrons. The average molecular weight is 600 g/mol. The van der Waals surface area contributed by atoms with E-state index in [2.05, 4.69) is 9.80 Å². The first-order chi connectivity index (χ1) is 20.6. The maximum Gasteiger partial charge on any atom is 0.414 e. The molecule has 4 rings (SSSR count). The molecule has 2 aromatic carbocycles. The predicted molar refractivity (Wildman–Crippen MR) is 163 cm³/mol. The molecular weight excluding hydrogens is 553 g/mol. The van der Waals surface area contributed by atoms with Gasteiger partial charge >= 0.3 is 11.9 Å². The Morgan fingerprint density at radius 3 is 1.91 bits per heavy atom. The lowest BCUT2D eigenvalue weighted by atomic mass is 10.0. The van der Waals surface area contributed by atoms with Crippen molar-refractivity contribution in [2.75, 3.05) is 39.3 Å². The summed E-state index contributed by atoms with van der Waals surface area (Å²) in [7, 11) is 0. The molecule has 43 heavy (non-hydrogen) atoms.